The number of nitrogens with two attached hydrogens (primary N) is 2. The Balaban J connectivity index is 0.000000962. The van der Waals surface area contributed by atoms with E-state index in [4.69, 9.17) is 20.9 Å². The molecule has 0 amide bonds. The van der Waals surface area contributed by atoms with Gasteiger partial charge in [-0.25, -0.2) is 0 Å². The topological polar surface area (TPSA) is 129 Å². The van der Waals surface area contributed by atoms with Crippen LogP contribution in [-0.2, 0) is 19.1 Å². The molecule has 2 aliphatic rings. The molecule has 2 heterocycles. The van der Waals surface area contributed by atoms with E-state index in [1.807, 2.05) is 0 Å². The van der Waals surface area contributed by atoms with Crippen LogP contribution in [0.2, 0.25) is 0 Å². The fourth-order valence-corrected chi connectivity index (χ4v) is 7.00. The zero-order valence-corrected chi connectivity index (χ0v) is 28.7. The van der Waals surface area contributed by atoms with Gasteiger partial charge in [-0.2, -0.15) is 0 Å². The number of hydrogen-bond acceptors (Lipinski definition) is 8. The molecule has 8 heteroatoms. The van der Waals surface area contributed by atoms with Crippen molar-refractivity contribution in [3.8, 4) is 0 Å². The lowest BCUT2D eigenvalue weighted by Crippen LogP contribution is -2.59. The molecule has 42 heavy (non-hydrogen) atoms. The predicted octanol–water partition coefficient (Wildman–Crippen LogP) is 6.28. The third-order valence-electron chi connectivity index (χ3n) is 8.07. The highest BCUT2D eigenvalue weighted by atomic mass is 16.5. The number of unbranched alkanes of at least 4 members (excludes halogenated alkanes) is 8. The molecular formula is C34H68N4O4. The first-order valence-electron chi connectivity index (χ1n) is 16.9. The number of esters is 2. The van der Waals surface area contributed by atoms with Gasteiger partial charge in [0.2, 0.25) is 0 Å². The second-order valence-corrected chi connectivity index (χ2v) is 15.4. The summed E-state index contributed by atoms with van der Waals surface area (Å²) >= 11 is 0. The highest BCUT2D eigenvalue weighted by Crippen LogP contribution is 2.31. The number of hydrogen-bond donors (Lipinski definition) is 4. The van der Waals surface area contributed by atoms with E-state index < -0.39 is 0 Å². The van der Waals surface area contributed by atoms with Gasteiger partial charge in [-0.3, -0.25) is 9.59 Å². The molecule has 0 aromatic heterocycles. The maximum atomic E-state index is 12.3. The summed E-state index contributed by atoms with van der Waals surface area (Å²) in [5.74, 6) is -0.129. The van der Waals surface area contributed by atoms with Crippen molar-refractivity contribution in [2.45, 2.75) is 192 Å². The molecule has 2 rings (SSSR count). The Labute approximate surface area is 258 Å². The first-order valence-corrected chi connectivity index (χ1v) is 16.9. The Morgan fingerprint density at radius 2 is 0.786 bits per heavy atom. The third kappa shape index (κ3) is 18.4. The zero-order chi connectivity index (χ0) is 31.9. The lowest BCUT2D eigenvalue weighted by atomic mass is 9.81. The minimum atomic E-state index is -0.0643. The molecule has 0 aromatic rings. The SMILES string of the molecule is CC1(C)CC(OC(=O)CCCCCCCCC(=O)OC2CC(C)(C)NC(C)(C)C2)CC(C)(C)N1.NCCCCCCN. The largest absolute Gasteiger partial charge is 0.462 e. The second kappa shape index (κ2) is 18.6. The van der Waals surface area contributed by atoms with Gasteiger partial charge in [0.15, 0.2) is 0 Å². The van der Waals surface area contributed by atoms with Crippen molar-refractivity contribution in [2.75, 3.05) is 13.1 Å². The number of nitrogens with one attached hydrogen (secondary N) is 2. The van der Waals surface area contributed by atoms with Crippen LogP contribution in [0.4, 0.5) is 0 Å². The van der Waals surface area contributed by atoms with Crippen LogP contribution >= 0.6 is 0 Å². The first-order chi connectivity index (χ1) is 19.5. The van der Waals surface area contributed by atoms with E-state index >= 15 is 0 Å². The molecule has 0 unspecified atom stereocenters. The molecule has 0 atom stereocenters. The van der Waals surface area contributed by atoms with Gasteiger partial charge in [-0.05, 0) is 94.2 Å². The maximum absolute atomic E-state index is 12.3. The average Bonchev–Trinajstić information content (AvgIpc) is 2.80. The summed E-state index contributed by atoms with van der Waals surface area (Å²) < 4.78 is 11.6. The Morgan fingerprint density at radius 1 is 0.524 bits per heavy atom. The van der Waals surface area contributed by atoms with E-state index in [-0.39, 0.29) is 46.3 Å². The summed E-state index contributed by atoms with van der Waals surface area (Å²) in [5, 5.41) is 7.25. The van der Waals surface area contributed by atoms with Crippen LogP contribution in [0.25, 0.3) is 0 Å². The van der Waals surface area contributed by atoms with Crippen LogP contribution in [0, 0.1) is 0 Å². The van der Waals surface area contributed by atoms with Crippen molar-refractivity contribution in [3.63, 3.8) is 0 Å². The summed E-state index contributed by atoms with van der Waals surface area (Å²) in [5.41, 5.74) is 10.5. The second-order valence-electron chi connectivity index (χ2n) is 15.4. The molecule has 0 aromatic carbocycles. The summed E-state index contributed by atoms with van der Waals surface area (Å²) in [4.78, 5) is 24.6. The lowest BCUT2D eigenvalue weighted by Gasteiger charge is -2.46. The number of piperidine rings is 2. The van der Waals surface area contributed by atoms with Gasteiger partial charge in [-0.15, -0.1) is 0 Å². The van der Waals surface area contributed by atoms with E-state index in [0.29, 0.717) is 12.8 Å². The van der Waals surface area contributed by atoms with Crippen molar-refractivity contribution in [1.29, 1.82) is 0 Å². The third-order valence-corrected chi connectivity index (χ3v) is 8.07. The normalized spacial score (nSPS) is 21.2. The lowest BCUT2D eigenvalue weighted by molar-refractivity contribution is -0.154. The van der Waals surface area contributed by atoms with Gasteiger partial charge in [0.05, 0.1) is 0 Å². The van der Waals surface area contributed by atoms with E-state index in [1.54, 1.807) is 0 Å². The van der Waals surface area contributed by atoms with E-state index in [2.05, 4.69) is 66.0 Å². The molecular weight excluding hydrogens is 528 g/mol. The van der Waals surface area contributed by atoms with Crippen molar-refractivity contribution in [2.24, 2.45) is 11.5 Å². The van der Waals surface area contributed by atoms with Gasteiger partial charge in [0.1, 0.15) is 12.2 Å². The molecule has 0 saturated carbocycles. The fraction of sp³-hybridized carbons (Fsp3) is 0.941. The molecule has 2 saturated heterocycles. The van der Waals surface area contributed by atoms with Crippen molar-refractivity contribution < 1.29 is 19.1 Å². The number of ether oxygens (including phenoxy) is 2. The molecule has 6 N–H and O–H groups in total. The quantitative estimate of drug-likeness (QED) is 0.121. The summed E-state index contributed by atoms with van der Waals surface area (Å²) in [6.45, 7) is 19.0. The highest BCUT2D eigenvalue weighted by molar-refractivity contribution is 5.69. The summed E-state index contributed by atoms with van der Waals surface area (Å²) in [7, 11) is 0. The van der Waals surface area contributed by atoms with Crippen molar-refractivity contribution >= 4 is 11.9 Å². The van der Waals surface area contributed by atoms with Crippen LogP contribution in [0.15, 0.2) is 0 Å². The summed E-state index contributed by atoms with van der Waals surface area (Å²) in [6, 6.07) is 0. The van der Waals surface area contributed by atoms with Gasteiger partial charge >= 0.3 is 11.9 Å². The molecule has 2 aliphatic heterocycles. The molecule has 0 radical (unpaired) electrons. The fourth-order valence-electron chi connectivity index (χ4n) is 7.00. The van der Waals surface area contributed by atoms with E-state index in [9.17, 15) is 9.59 Å². The monoisotopic (exact) mass is 597 g/mol. The average molecular weight is 597 g/mol. The van der Waals surface area contributed by atoms with Crippen LogP contribution in [-0.4, -0.2) is 59.4 Å². The van der Waals surface area contributed by atoms with Crippen molar-refractivity contribution in [1.82, 2.24) is 10.6 Å². The van der Waals surface area contributed by atoms with Gasteiger partial charge in [0.25, 0.3) is 0 Å². The molecule has 2 fully saturated rings. The molecule has 8 nitrogen and oxygen atoms in total. The number of carbonyl (C=O) groups is 2. The minimum absolute atomic E-state index is 0.000484. The molecule has 0 spiro atoms. The predicted molar refractivity (Wildman–Crippen MR) is 174 cm³/mol. The summed E-state index contributed by atoms with van der Waals surface area (Å²) in [6.07, 6.45) is 15.2. The molecule has 248 valence electrons. The van der Waals surface area contributed by atoms with Gasteiger partial charge in [-0.1, -0.05) is 38.5 Å². The van der Waals surface area contributed by atoms with Crippen LogP contribution in [0.3, 0.4) is 0 Å². The number of rotatable bonds is 16. The Kier molecular flexibility index (Phi) is 17.1. The maximum Gasteiger partial charge on any atom is 0.306 e. The first kappa shape index (κ1) is 38.8. The minimum Gasteiger partial charge on any atom is -0.462 e. The Morgan fingerprint density at radius 3 is 1.07 bits per heavy atom. The smallest absolute Gasteiger partial charge is 0.306 e. The van der Waals surface area contributed by atoms with Gasteiger partial charge in [0, 0.05) is 60.7 Å². The van der Waals surface area contributed by atoms with Crippen molar-refractivity contribution in [3.05, 3.63) is 0 Å². The van der Waals surface area contributed by atoms with E-state index in [1.165, 1.54) is 12.8 Å². The van der Waals surface area contributed by atoms with Crippen LogP contribution < -0.4 is 22.1 Å². The van der Waals surface area contributed by atoms with Crippen LogP contribution in [0.5, 0.6) is 0 Å². The Hall–Kier alpha value is -1.22. The standard InChI is InChI=1S/C28H52N2O4.C6H16N2/c1-25(2)17-21(18-26(3,4)29-25)33-23(31)15-13-11-9-10-12-14-16-24(32)34-22-19-27(5,6)30-28(7,8)20-22;7-5-3-1-2-4-6-8/h21-22,29-30H,9-20H2,1-8H3;1-8H2. The Bertz CT molecular complexity index is 686. The zero-order valence-electron chi connectivity index (χ0n) is 28.7. The number of carbonyl (C=O) groups excluding carboxylic acids is 2. The van der Waals surface area contributed by atoms with Gasteiger partial charge < -0.3 is 31.6 Å². The van der Waals surface area contributed by atoms with Crippen LogP contribution in [0.1, 0.15) is 158 Å². The van der Waals surface area contributed by atoms with E-state index in [0.717, 1.165) is 90.1 Å². The molecule has 0 bridgehead atoms. The molecule has 0 aliphatic carbocycles. The highest BCUT2D eigenvalue weighted by Gasteiger charge is 2.40.